The second kappa shape index (κ2) is 4.89. The molecule has 100 valence electrons. The van der Waals surface area contributed by atoms with Crippen LogP contribution in [0.15, 0.2) is 0 Å². The standard InChI is InChI=1S/C14H23N3O/c1-14(2)10-17(11-6-4-5-7-11)12(8-9-15)13(18)16(14)3/h11-12H,4-8,10H2,1-3H3. The molecule has 1 saturated heterocycles. The molecule has 1 aliphatic carbocycles. The van der Waals surface area contributed by atoms with Gasteiger partial charge in [-0.25, -0.2) is 0 Å². The lowest BCUT2D eigenvalue weighted by Gasteiger charge is -2.50. The van der Waals surface area contributed by atoms with Crippen LogP contribution < -0.4 is 0 Å². The third-order valence-electron chi connectivity index (χ3n) is 4.57. The maximum Gasteiger partial charge on any atom is 0.241 e. The Morgan fingerprint density at radius 3 is 2.56 bits per heavy atom. The summed E-state index contributed by atoms with van der Waals surface area (Å²) in [5.74, 6) is 0.111. The van der Waals surface area contributed by atoms with E-state index < -0.39 is 0 Å². The SMILES string of the molecule is CN1C(=O)C(CC#N)N(C2CCCC2)CC1(C)C. The van der Waals surface area contributed by atoms with Crippen molar-refractivity contribution in [2.45, 2.75) is 63.6 Å². The number of nitriles is 1. The van der Waals surface area contributed by atoms with Crippen molar-refractivity contribution < 1.29 is 4.79 Å². The molecule has 0 aromatic carbocycles. The van der Waals surface area contributed by atoms with Crippen molar-refractivity contribution >= 4 is 5.91 Å². The van der Waals surface area contributed by atoms with Gasteiger partial charge in [0.15, 0.2) is 0 Å². The van der Waals surface area contributed by atoms with Gasteiger partial charge in [-0.1, -0.05) is 12.8 Å². The number of hydrogen-bond acceptors (Lipinski definition) is 3. The Labute approximate surface area is 110 Å². The summed E-state index contributed by atoms with van der Waals surface area (Å²) in [5, 5.41) is 8.97. The fraction of sp³-hybridized carbons (Fsp3) is 0.857. The number of carbonyl (C=O) groups is 1. The molecule has 1 unspecified atom stereocenters. The molecule has 2 fully saturated rings. The molecular formula is C14H23N3O. The second-order valence-corrected chi connectivity index (χ2v) is 6.20. The highest BCUT2D eigenvalue weighted by Crippen LogP contribution is 2.32. The van der Waals surface area contributed by atoms with Crippen LogP contribution >= 0.6 is 0 Å². The molecule has 1 saturated carbocycles. The zero-order chi connectivity index (χ0) is 13.3. The average molecular weight is 249 g/mol. The van der Waals surface area contributed by atoms with Crippen molar-refractivity contribution in [2.24, 2.45) is 0 Å². The second-order valence-electron chi connectivity index (χ2n) is 6.20. The molecule has 4 nitrogen and oxygen atoms in total. The Morgan fingerprint density at radius 1 is 1.39 bits per heavy atom. The van der Waals surface area contributed by atoms with Gasteiger partial charge in [-0.05, 0) is 26.7 Å². The molecule has 2 aliphatic rings. The Morgan fingerprint density at radius 2 is 2.00 bits per heavy atom. The highest BCUT2D eigenvalue weighted by Gasteiger charge is 2.45. The first-order valence-electron chi connectivity index (χ1n) is 6.88. The summed E-state index contributed by atoms with van der Waals surface area (Å²) < 4.78 is 0. The van der Waals surface area contributed by atoms with E-state index in [1.165, 1.54) is 25.7 Å². The van der Waals surface area contributed by atoms with Crippen LogP contribution in [-0.4, -0.2) is 46.9 Å². The predicted molar refractivity (Wildman–Crippen MR) is 69.8 cm³/mol. The minimum absolute atomic E-state index is 0.111. The summed E-state index contributed by atoms with van der Waals surface area (Å²) in [6.07, 6.45) is 5.18. The molecule has 0 radical (unpaired) electrons. The first-order chi connectivity index (χ1) is 8.47. The number of likely N-dealkylation sites (N-methyl/N-ethyl adjacent to an activating group) is 1. The van der Waals surface area contributed by atoms with E-state index in [1.54, 1.807) is 0 Å². The number of nitrogens with zero attached hydrogens (tertiary/aromatic N) is 3. The maximum absolute atomic E-state index is 12.4. The summed E-state index contributed by atoms with van der Waals surface area (Å²) >= 11 is 0. The van der Waals surface area contributed by atoms with E-state index in [4.69, 9.17) is 5.26 Å². The van der Waals surface area contributed by atoms with Crippen LogP contribution in [0.4, 0.5) is 0 Å². The summed E-state index contributed by atoms with van der Waals surface area (Å²) in [4.78, 5) is 16.6. The maximum atomic E-state index is 12.4. The monoisotopic (exact) mass is 249 g/mol. The number of rotatable bonds is 2. The third-order valence-corrected chi connectivity index (χ3v) is 4.57. The number of amides is 1. The van der Waals surface area contributed by atoms with E-state index in [-0.39, 0.29) is 17.5 Å². The Hall–Kier alpha value is -1.08. The number of hydrogen-bond donors (Lipinski definition) is 0. The van der Waals surface area contributed by atoms with Crippen LogP contribution in [0.1, 0.15) is 46.0 Å². The molecule has 0 aromatic rings. The summed E-state index contributed by atoms with van der Waals surface area (Å²) in [6, 6.07) is 2.45. The van der Waals surface area contributed by atoms with E-state index in [9.17, 15) is 4.79 Å². The van der Waals surface area contributed by atoms with Gasteiger partial charge in [-0.15, -0.1) is 0 Å². The summed E-state index contributed by atoms with van der Waals surface area (Å²) in [6.45, 7) is 5.09. The van der Waals surface area contributed by atoms with Crippen LogP contribution in [0.25, 0.3) is 0 Å². The van der Waals surface area contributed by atoms with Crippen molar-refractivity contribution in [3.63, 3.8) is 0 Å². The summed E-state index contributed by atoms with van der Waals surface area (Å²) in [5.41, 5.74) is -0.133. The largest absolute Gasteiger partial charge is 0.338 e. The molecule has 18 heavy (non-hydrogen) atoms. The molecule has 0 spiro atoms. The van der Waals surface area contributed by atoms with Crippen LogP contribution in [-0.2, 0) is 4.79 Å². The number of piperazine rings is 1. The molecule has 0 N–H and O–H groups in total. The van der Waals surface area contributed by atoms with Crippen LogP contribution in [0, 0.1) is 11.3 Å². The van der Waals surface area contributed by atoms with Gasteiger partial charge in [0.25, 0.3) is 0 Å². The number of carbonyl (C=O) groups excluding carboxylic acids is 1. The highest BCUT2D eigenvalue weighted by atomic mass is 16.2. The normalized spacial score (nSPS) is 29.6. The van der Waals surface area contributed by atoms with E-state index in [1.807, 2.05) is 11.9 Å². The lowest BCUT2D eigenvalue weighted by molar-refractivity contribution is -0.151. The fourth-order valence-electron chi connectivity index (χ4n) is 3.24. The van der Waals surface area contributed by atoms with E-state index in [2.05, 4.69) is 24.8 Å². The van der Waals surface area contributed by atoms with Gasteiger partial charge in [0.05, 0.1) is 12.5 Å². The lowest BCUT2D eigenvalue weighted by Crippen LogP contribution is -2.66. The van der Waals surface area contributed by atoms with Gasteiger partial charge >= 0.3 is 0 Å². The molecule has 1 heterocycles. The van der Waals surface area contributed by atoms with Crippen LogP contribution in [0.3, 0.4) is 0 Å². The van der Waals surface area contributed by atoms with Gasteiger partial charge < -0.3 is 4.90 Å². The van der Waals surface area contributed by atoms with Crippen molar-refractivity contribution in [3.05, 3.63) is 0 Å². The van der Waals surface area contributed by atoms with E-state index >= 15 is 0 Å². The molecule has 0 aromatic heterocycles. The predicted octanol–water partition coefficient (Wildman–Crippen LogP) is 1.76. The van der Waals surface area contributed by atoms with E-state index in [0.29, 0.717) is 12.5 Å². The molecule has 0 bridgehead atoms. The minimum atomic E-state index is -0.226. The molecule has 4 heteroatoms. The Kier molecular flexibility index (Phi) is 3.63. The van der Waals surface area contributed by atoms with Crippen molar-refractivity contribution in [1.82, 2.24) is 9.80 Å². The molecule has 1 amide bonds. The Balaban J connectivity index is 2.23. The van der Waals surface area contributed by atoms with Gasteiger partial charge in [0.2, 0.25) is 5.91 Å². The van der Waals surface area contributed by atoms with Gasteiger partial charge in [-0.2, -0.15) is 5.26 Å². The first kappa shape index (κ1) is 13.4. The zero-order valence-electron chi connectivity index (χ0n) is 11.6. The van der Waals surface area contributed by atoms with Crippen LogP contribution in [0.2, 0.25) is 0 Å². The van der Waals surface area contributed by atoms with Gasteiger partial charge in [-0.3, -0.25) is 9.69 Å². The Bertz CT molecular complexity index is 366. The topological polar surface area (TPSA) is 47.3 Å². The first-order valence-corrected chi connectivity index (χ1v) is 6.88. The van der Waals surface area contributed by atoms with Gasteiger partial charge in [0, 0.05) is 25.2 Å². The minimum Gasteiger partial charge on any atom is -0.338 e. The van der Waals surface area contributed by atoms with Crippen LogP contribution in [0.5, 0.6) is 0 Å². The molecular weight excluding hydrogens is 226 g/mol. The quantitative estimate of drug-likeness (QED) is 0.749. The highest BCUT2D eigenvalue weighted by molar-refractivity contribution is 5.83. The molecule has 1 atom stereocenters. The molecule has 2 rings (SSSR count). The van der Waals surface area contributed by atoms with Crippen molar-refractivity contribution in [1.29, 1.82) is 5.26 Å². The zero-order valence-corrected chi connectivity index (χ0v) is 11.6. The molecule has 1 aliphatic heterocycles. The third kappa shape index (κ3) is 2.24. The summed E-state index contributed by atoms with van der Waals surface area (Å²) in [7, 11) is 1.86. The van der Waals surface area contributed by atoms with Crippen molar-refractivity contribution in [3.8, 4) is 6.07 Å². The average Bonchev–Trinajstić information content (AvgIpc) is 2.83. The van der Waals surface area contributed by atoms with E-state index in [0.717, 1.165) is 6.54 Å². The van der Waals surface area contributed by atoms with Crippen molar-refractivity contribution in [2.75, 3.05) is 13.6 Å². The smallest absolute Gasteiger partial charge is 0.241 e. The van der Waals surface area contributed by atoms with Gasteiger partial charge in [0.1, 0.15) is 6.04 Å². The fourth-order valence-corrected chi connectivity index (χ4v) is 3.24. The lowest BCUT2D eigenvalue weighted by atomic mass is 9.92.